The lowest BCUT2D eigenvalue weighted by Crippen LogP contribution is -2.12. The molecule has 2 aromatic rings. The van der Waals surface area contributed by atoms with E-state index in [1.165, 1.54) is 0 Å². The standard InChI is InChI=1S/C18H16N2O2/c21-17-6-2-4-14-13(3-1-5-16(14)20-17)11-7-8-12-10-19-18(22)15(12)9-11/h1,3,5,7-9H,2,4,6,10H2,(H,19,22)(H,20,21). The molecule has 0 radical (unpaired) electrons. The fraction of sp³-hybridized carbons (Fsp3) is 0.222. The van der Waals surface area contributed by atoms with Gasteiger partial charge in [-0.1, -0.05) is 24.3 Å². The number of carbonyl (C=O) groups is 2. The highest BCUT2D eigenvalue weighted by Gasteiger charge is 2.21. The van der Waals surface area contributed by atoms with Crippen molar-refractivity contribution in [2.75, 3.05) is 5.32 Å². The average molecular weight is 292 g/mol. The molecule has 0 bridgehead atoms. The van der Waals surface area contributed by atoms with Crippen molar-refractivity contribution in [3.05, 3.63) is 53.1 Å². The molecule has 4 heteroatoms. The van der Waals surface area contributed by atoms with Crippen molar-refractivity contribution >= 4 is 17.5 Å². The van der Waals surface area contributed by atoms with Gasteiger partial charge in [-0.25, -0.2) is 0 Å². The molecule has 22 heavy (non-hydrogen) atoms. The Morgan fingerprint density at radius 2 is 1.86 bits per heavy atom. The normalized spacial score (nSPS) is 16.4. The van der Waals surface area contributed by atoms with E-state index in [0.717, 1.165) is 46.3 Å². The van der Waals surface area contributed by atoms with Crippen LogP contribution in [-0.2, 0) is 17.8 Å². The first-order valence-electron chi connectivity index (χ1n) is 7.55. The molecule has 0 fully saturated rings. The largest absolute Gasteiger partial charge is 0.348 e. The van der Waals surface area contributed by atoms with Crippen molar-refractivity contribution in [1.29, 1.82) is 0 Å². The van der Waals surface area contributed by atoms with Crippen LogP contribution in [0.25, 0.3) is 11.1 Å². The van der Waals surface area contributed by atoms with Crippen LogP contribution in [0.3, 0.4) is 0 Å². The summed E-state index contributed by atoms with van der Waals surface area (Å²) in [6, 6.07) is 12.0. The van der Waals surface area contributed by atoms with E-state index >= 15 is 0 Å². The van der Waals surface area contributed by atoms with Crippen LogP contribution in [0.5, 0.6) is 0 Å². The van der Waals surface area contributed by atoms with Crippen LogP contribution >= 0.6 is 0 Å². The van der Waals surface area contributed by atoms with Crippen LogP contribution in [0.4, 0.5) is 5.69 Å². The van der Waals surface area contributed by atoms with Gasteiger partial charge >= 0.3 is 0 Å². The van der Waals surface area contributed by atoms with Gasteiger partial charge in [-0.05, 0) is 47.2 Å². The first-order valence-corrected chi connectivity index (χ1v) is 7.55. The number of benzene rings is 2. The molecule has 0 unspecified atom stereocenters. The highest BCUT2D eigenvalue weighted by molar-refractivity contribution is 6.00. The zero-order valence-electron chi connectivity index (χ0n) is 12.1. The van der Waals surface area contributed by atoms with Crippen LogP contribution in [0, 0.1) is 0 Å². The summed E-state index contributed by atoms with van der Waals surface area (Å²) in [5.41, 5.74) is 5.99. The third-order valence-electron chi connectivity index (χ3n) is 4.39. The summed E-state index contributed by atoms with van der Waals surface area (Å²) in [5.74, 6) is 0.0661. The Morgan fingerprint density at radius 3 is 2.77 bits per heavy atom. The minimum absolute atomic E-state index is 0.00725. The third kappa shape index (κ3) is 2.08. The van der Waals surface area contributed by atoms with Crippen LogP contribution in [0.2, 0.25) is 0 Å². The Labute approximate surface area is 128 Å². The number of hydrogen-bond acceptors (Lipinski definition) is 2. The number of amides is 2. The molecular formula is C18H16N2O2. The maximum Gasteiger partial charge on any atom is 0.251 e. The number of rotatable bonds is 1. The molecule has 2 amide bonds. The first kappa shape index (κ1) is 13.1. The summed E-state index contributed by atoms with van der Waals surface area (Å²) >= 11 is 0. The van der Waals surface area contributed by atoms with E-state index in [1.54, 1.807) is 0 Å². The van der Waals surface area contributed by atoms with Gasteiger partial charge in [-0.15, -0.1) is 0 Å². The van der Waals surface area contributed by atoms with Crippen LogP contribution in [0.15, 0.2) is 36.4 Å². The first-order chi connectivity index (χ1) is 10.7. The molecular weight excluding hydrogens is 276 g/mol. The van der Waals surface area contributed by atoms with Crippen molar-refractivity contribution in [2.24, 2.45) is 0 Å². The zero-order chi connectivity index (χ0) is 15.1. The molecule has 2 heterocycles. The Kier molecular flexibility index (Phi) is 2.96. The van der Waals surface area contributed by atoms with Gasteiger partial charge in [0.2, 0.25) is 5.91 Å². The van der Waals surface area contributed by atoms with E-state index in [2.05, 4.69) is 22.8 Å². The second kappa shape index (κ2) is 4.98. The molecule has 2 aliphatic rings. The molecule has 0 spiro atoms. The molecule has 0 saturated carbocycles. The third-order valence-corrected chi connectivity index (χ3v) is 4.39. The van der Waals surface area contributed by atoms with Crippen molar-refractivity contribution in [3.8, 4) is 11.1 Å². The summed E-state index contributed by atoms with van der Waals surface area (Å²) in [7, 11) is 0. The molecule has 0 saturated heterocycles. The molecule has 0 atom stereocenters. The molecule has 4 nitrogen and oxygen atoms in total. The van der Waals surface area contributed by atoms with Crippen molar-refractivity contribution in [2.45, 2.75) is 25.8 Å². The summed E-state index contributed by atoms with van der Waals surface area (Å²) in [6.45, 7) is 0.609. The maximum absolute atomic E-state index is 11.9. The van der Waals surface area contributed by atoms with E-state index in [9.17, 15) is 9.59 Å². The van der Waals surface area contributed by atoms with E-state index in [4.69, 9.17) is 0 Å². The van der Waals surface area contributed by atoms with Gasteiger partial charge < -0.3 is 10.6 Å². The summed E-state index contributed by atoms with van der Waals surface area (Å²) in [6.07, 6.45) is 2.27. The lowest BCUT2D eigenvalue weighted by Gasteiger charge is -2.13. The minimum Gasteiger partial charge on any atom is -0.348 e. The summed E-state index contributed by atoms with van der Waals surface area (Å²) in [4.78, 5) is 23.6. The monoisotopic (exact) mass is 292 g/mol. The SMILES string of the molecule is O=C1CCCc2c(cccc2-c2ccc3c(c2)C(=O)NC3)N1. The fourth-order valence-corrected chi connectivity index (χ4v) is 3.26. The topological polar surface area (TPSA) is 58.2 Å². The van der Waals surface area contributed by atoms with Crippen molar-refractivity contribution in [1.82, 2.24) is 5.32 Å². The molecule has 2 N–H and O–H groups in total. The number of fused-ring (bicyclic) bond motifs is 2. The molecule has 110 valence electrons. The Hall–Kier alpha value is -2.62. The Balaban J connectivity index is 1.84. The summed E-state index contributed by atoms with van der Waals surface area (Å²) < 4.78 is 0. The van der Waals surface area contributed by atoms with Crippen molar-refractivity contribution in [3.63, 3.8) is 0 Å². The van der Waals surface area contributed by atoms with Gasteiger partial charge in [0.05, 0.1) is 0 Å². The quantitative estimate of drug-likeness (QED) is 0.849. The number of nitrogens with one attached hydrogen (secondary N) is 2. The van der Waals surface area contributed by atoms with Gasteiger partial charge in [0.25, 0.3) is 5.91 Å². The predicted octanol–water partition coefficient (Wildman–Crippen LogP) is 2.87. The lowest BCUT2D eigenvalue weighted by molar-refractivity contribution is -0.116. The molecule has 0 aliphatic carbocycles. The van der Waals surface area contributed by atoms with Gasteiger partial charge in [-0.2, -0.15) is 0 Å². The van der Waals surface area contributed by atoms with Gasteiger partial charge in [0.1, 0.15) is 0 Å². The predicted molar refractivity (Wildman–Crippen MR) is 84.6 cm³/mol. The number of carbonyl (C=O) groups excluding carboxylic acids is 2. The van der Waals surface area contributed by atoms with E-state index < -0.39 is 0 Å². The van der Waals surface area contributed by atoms with Crippen LogP contribution in [-0.4, -0.2) is 11.8 Å². The van der Waals surface area contributed by atoms with E-state index in [1.807, 2.05) is 24.3 Å². The van der Waals surface area contributed by atoms with Crippen LogP contribution < -0.4 is 10.6 Å². The average Bonchev–Trinajstić information content (AvgIpc) is 2.77. The number of anilines is 1. The Morgan fingerprint density at radius 1 is 0.955 bits per heavy atom. The van der Waals surface area contributed by atoms with Gasteiger partial charge in [-0.3, -0.25) is 9.59 Å². The number of hydrogen-bond donors (Lipinski definition) is 2. The van der Waals surface area contributed by atoms with E-state index in [-0.39, 0.29) is 11.8 Å². The second-order valence-electron chi connectivity index (χ2n) is 5.79. The molecule has 2 aromatic carbocycles. The lowest BCUT2D eigenvalue weighted by atomic mass is 9.93. The van der Waals surface area contributed by atoms with Gasteiger partial charge in [0.15, 0.2) is 0 Å². The molecule has 0 aromatic heterocycles. The molecule has 2 aliphatic heterocycles. The zero-order valence-corrected chi connectivity index (χ0v) is 12.1. The fourth-order valence-electron chi connectivity index (χ4n) is 3.26. The maximum atomic E-state index is 11.9. The minimum atomic E-state index is -0.00725. The Bertz CT molecular complexity index is 796. The smallest absolute Gasteiger partial charge is 0.251 e. The van der Waals surface area contributed by atoms with E-state index in [0.29, 0.717) is 13.0 Å². The molecule has 4 rings (SSSR count). The second-order valence-corrected chi connectivity index (χ2v) is 5.79. The highest BCUT2D eigenvalue weighted by Crippen LogP contribution is 2.34. The highest BCUT2D eigenvalue weighted by atomic mass is 16.2. The van der Waals surface area contributed by atoms with Crippen molar-refractivity contribution < 1.29 is 9.59 Å². The van der Waals surface area contributed by atoms with Crippen LogP contribution in [0.1, 0.15) is 34.3 Å². The van der Waals surface area contributed by atoms with Gasteiger partial charge in [0, 0.05) is 24.2 Å². The summed E-state index contributed by atoms with van der Waals surface area (Å²) in [5, 5.41) is 5.82.